The lowest BCUT2D eigenvalue weighted by Gasteiger charge is -2.14. The predicted octanol–water partition coefficient (Wildman–Crippen LogP) is 6.00. The van der Waals surface area contributed by atoms with Gasteiger partial charge in [-0.15, -0.1) is 0 Å². The Kier molecular flexibility index (Phi) is 7.37. The number of ketones is 1. The van der Waals surface area contributed by atoms with Gasteiger partial charge in [0.05, 0.1) is 5.56 Å². The number of halogens is 3. The molecule has 0 bridgehead atoms. The number of aryl methyl sites for hydroxylation is 1. The Balaban J connectivity index is 1.49. The molecule has 1 unspecified atom stereocenters. The molecule has 0 fully saturated rings. The van der Waals surface area contributed by atoms with Gasteiger partial charge < -0.3 is 14.2 Å². The second-order valence-electron chi connectivity index (χ2n) is 7.25. The standard InChI is InChI=1S/C25H21F3O5/c1-16-3-5-18(6-4-16)23(29)15-31-24(30)17(2)32-20-11-13-22(14-12-20)33-21-9-7-19(8-10-21)25(26,27)28/h3-14,17H,15H2,1-2H3. The summed E-state index contributed by atoms with van der Waals surface area (Å²) < 4.78 is 54.0. The average Bonchev–Trinajstić information content (AvgIpc) is 2.78. The van der Waals surface area contributed by atoms with Crippen LogP contribution in [0.15, 0.2) is 72.8 Å². The van der Waals surface area contributed by atoms with Crippen molar-refractivity contribution in [2.24, 2.45) is 0 Å². The van der Waals surface area contributed by atoms with Crippen LogP contribution in [0.2, 0.25) is 0 Å². The second-order valence-corrected chi connectivity index (χ2v) is 7.25. The van der Waals surface area contributed by atoms with E-state index in [2.05, 4.69) is 0 Å². The molecule has 0 saturated carbocycles. The predicted molar refractivity (Wildman–Crippen MR) is 115 cm³/mol. The number of alkyl halides is 3. The molecule has 33 heavy (non-hydrogen) atoms. The Morgan fingerprint density at radius 2 is 1.33 bits per heavy atom. The molecule has 0 aliphatic carbocycles. The third-order valence-electron chi connectivity index (χ3n) is 4.60. The molecule has 0 radical (unpaired) electrons. The zero-order valence-electron chi connectivity index (χ0n) is 17.9. The molecule has 5 nitrogen and oxygen atoms in total. The molecule has 1 atom stereocenters. The summed E-state index contributed by atoms with van der Waals surface area (Å²) in [5.41, 5.74) is 0.701. The highest BCUT2D eigenvalue weighted by Gasteiger charge is 2.30. The molecule has 3 aromatic rings. The molecule has 0 N–H and O–H groups in total. The maximum Gasteiger partial charge on any atom is 0.416 e. The van der Waals surface area contributed by atoms with Crippen molar-refractivity contribution >= 4 is 11.8 Å². The lowest BCUT2D eigenvalue weighted by atomic mass is 10.1. The van der Waals surface area contributed by atoms with Gasteiger partial charge in [0.15, 0.2) is 18.5 Å². The zero-order valence-corrected chi connectivity index (χ0v) is 17.9. The topological polar surface area (TPSA) is 61.8 Å². The van der Waals surface area contributed by atoms with Crippen LogP contribution in [0.3, 0.4) is 0 Å². The number of ether oxygens (including phenoxy) is 3. The number of hydrogen-bond donors (Lipinski definition) is 0. The van der Waals surface area contributed by atoms with Crippen LogP contribution in [-0.2, 0) is 15.7 Å². The van der Waals surface area contributed by atoms with Crippen molar-refractivity contribution < 1.29 is 37.0 Å². The first-order valence-corrected chi connectivity index (χ1v) is 10.00. The monoisotopic (exact) mass is 458 g/mol. The largest absolute Gasteiger partial charge is 0.479 e. The molecule has 0 saturated heterocycles. The second kappa shape index (κ2) is 10.2. The van der Waals surface area contributed by atoms with Crippen LogP contribution in [0.25, 0.3) is 0 Å². The highest BCUT2D eigenvalue weighted by atomic mass is 19.4. The van der Waals surface area contributed by atoms with Gasteiger partial charge in [-0.2, -0.15) is 13.2 Å². The van der Waals surface area contributed by atoms with Crippen molar-refractivity contribution in [3.8, 4) is 17.2 Å². The molecule has 0 aromatic heterocycles. The van der Waals surface area contributed by atoms with Crippen LogP contribution in [-0.4, -0.2) is 24.5 Å². The molecule has 0 aliphatic heterocycles. The maximum atomic E-state index is 12.6. The Bertz CT molecular complexity index is 1090. The fraction of sp³-hybridized carbons (Fsp3) is 0.200. The van der Waals surface area contributed by atoms with Crippen molar-refractivity contribution in [1.29, 1.82) is 0 Å². The fourth-order valence-corrected chi connectivity index (χ4v) is 2.76. The molecular weight excluding hydrogens is 437 g/mol. The van der Waals surface area contributed by atoms with E-state index in [9.17, 15) is 22.8 Å². The van der Waals surface area contributed by atoms with Gasteiger partial charge in [0.25, 0.3) is 0 Å². The van der Waals surface area contributed by atoms with Crippen LogP contribution in [0, 0.1) is 6.92 Å². The number of carbonyl (C=O) groups excluding carboxylic acids is 2. The average molecular weight is 458 g/mol. The summed E-state index contributed by atoms with van der Waals surface area (Å²) in [5.74, 6) is -0.0437. The molecule has 3 rings (SSSR count). The summed E-state index contributed by atoms with van der Waals surface area (Å²) in [5, 5.41) is 0. The first-order valence-electron chi connectivity index (χ1n) is 10.00. The molecular formula is C25H21F3O5. The number of carbonyl (C=O) groups is 2. The van der Waals surface area contributed by atoms with Crippen molar-refractivity contribution in [2.45, 2.75) is 26.1 Å². The van der Waals surface area contributed by atoms with E-state index in [1.807, 2.05) is 6.92 Å². The van der Waals surface area contributed by atoms with Crippen LogP contribution < -0.4 is 9.47 Å². The van der Waals surface area contributed by atoms with Gasteiger partial charge in [0.1, 0.15) is 17.2 Å². The van der Waals surface area contributed by atoms with Gasteiger partial charge in [-0.05, 0) is 62.4 Å². The summed E-state index contributed by atoms with van der Waals surface area (Å²) in [6, 6.07) is 17.4. The molecule has 0 amide bonds. The van der Waals surface area contributed by atoms with E-state index in [1.54, 1.807) is 48.5 Å². The molecule has 0 heterocycles. The Morgan fingerprint density at radius 3 is 1.88 bits per heavy atom. The van der Waals surface area contributed by atoms with E-state index in [4.69, 9.17) is 14.2 Å². The smallest absolute Gasteiger partial charge is 0.416 e. The van der Waals surface area contributed by atoms with E-state index < -0.39 is 30.4 Å². The van der Waals surface area contributed by atoms with E-state index in [-0.39, 0.29) is 11.5 Å². The van der Waals surface area contributed by atoms with Crippen LogP contribution >= 0.6 is 0 Å². The third-order valence-corrected chi connectivity index (χ3v) is 4.60. The van der Waals surface area contributed by atoms with E-state index >= 15 is 0 Å². The third kappa shape index (κ3) is 6.83. The van der Waals surface area contributed by atoms with E-state index in [0.717, 1.165) is 17.7 Å². The van der Waals surface area contributed by atoms with Crippen molar-refractivity contribution in [2.75, 3.05) is 6.61 Å². The highest BCUT2D eigenvalue weighted by Crippen LogP contribution is 2.31. The lowest BCUT2D eigenvalue weighted by molar-refractivity contribution is -0.149. The molecule has 8 heteroatoms. The Labute approximate surface area is 188 Å². The van der Waals surface area contributed by atoms with Crippen molar-refractivity contribution in [3.63, 3.8) is 0 Å². The molecule has 0 aliphatic rings. The van der Waals surface area contributed by atoms with Gasteiger partial charge in [-0.1, -0.05) is 29.8 Å². The minimum Gasteiger partial charge on any atom is -0.479 e. The van der Waals surface area contributed by atoms with Gasteiger partial charge in [0.2, 0.25) is 0 Å². The molecule has 172 valence electrons. The number of esters is 1. The quantitative estimate of drug-likeness (QED) is 0.306. The summed E-state index contributed by atoms with van der Waals surface area (Å²) >= 11 is 0. The maximum absolute atomic E-state index is 12.6. The Hall–Kier alpha value is -3.81. The van der Waals surface area contributed by atoms with Crippen LogP contribution in [0.1, 0.15) is 28.4 Å². The summed E-state index contributed by atoms with van der Waals surface area (Å²) in [6.07, 6.45) is -5.37. The molecule has 0 spiro atoms. The minimum absolute atomic E-state index is 0.242. The van der Waals surface area contributed by atoms with Gasteiger partial charge in [0, 0.05) is 5.56 Å². The lowest BCUT2D eigenvalue weighted by Crippen LogP contribution is -2.28. The zero-order chi connectivity index (χ0) is 24.0. The number of benzene rings is 3. The van der Waals surface area contributed by atoms with Crippen molar-refractivity contribution in [1.82, 2.24) is 0 Å². The van der Waals surface area contributed by atoms with Gasteiger partial charge >= 0.3 is 12.1 Å². The molecule has 3 aromatic carbocycles. The SMILES string of the molecule is Cc1ccc(C(=O)COC(=O)C(C)Oc2ccc(Oc3ccc(C(F)(F)F)cc3)cc2)cc1. The first-order chi connectivity index (χ1) is 15.6. The van der Waals surface area contributed by atoms with E-state index in [1.165, 1.54) is 19.1 Å². The van der Waals surface area contributed by atoms with Gasteiger partial charge in [-0.3, -0.25) is 4.79 Å². The first kappa shape index (κ1) is 23.8. The fourth-order valence-electron chi connectivity index (χ4n) is 2.76. The summed E-state index contributed by atoms with van der Waals surface area (Å²) in [7, 11) is 0. The van der Waals surface area contributed by atoms with Crippen molar-refractivity contribution in [3.05, 3.63) is 89.5 Å². The number of hydrogen-bond acceptors (Lipinski definition) is 5. The number of Topliss-reactive ketones (excluding diaryl/α,β-unsaturated/α-hetero) is 1. The van der Waals surface area contributed by atoms with Crippen LogP contribution in [0.5, 0.6) is 17.2 Å². The Morgan fingerprint density at radius 1 is 0.818 bits per heavy atom. The number of rotatable bonds is 8. The normalized spacial score (nSPS) is 12.0. The minimum atomic E-state index is -4.41. The van der Waals surface area contributed by atoms with Gasteiger partial charge in [-0.25, -0.2) is 4.79 Å². The summed E-state index contributed by atoms with van der Waals surface area (Å²) in [4.78, 5) is 24.2. The highest BCUT2D eigenvalue weighted by molar-refractivity contribution is 5.98. The summed E-state index contributed by atoms with van der Waals surface area (Å²) in [6.45, 7) is 3.00. The van der Waals surface area contributed by atoms with E-state index in [0.29, 0.717) is 17.1 Å². The van der Waals surface area contributed by atoms with Crippen LogP contribution in [0.4, 0.5) is 13.2 Å².